The summed E-state index contributed by atoms with van der Waals surface area (Å²) in [5, 5.41) is 7.42. The molecule has 1 aromatic rings. The van der Waals surface area contributed by atoms with Gasteiger partial charge in [0.05, 0.1) is 0 Å². The Morgan fingerprint density at radius 3 is 2.95 bits per heavy atom. The SMILES string of the molecule is CC(CC1CCCCCN1)N[C@@H](C)c1cccc(Br)c1. The van der Waals surface area contributed by atoms with Gasteiger partial charge in [0, 0.05) is 22.6 Å². The second kappa shape index (κ2) is 8.16. The average molecular weight is 339 g/mol. The standard InChI is InChI=1S/C17H27BrN2/c1-13(11-17-9-4-3-5-10-19-17)20-14(2)15-7-6-8-16(18)12-15/h6-8,12-14,17,19-20H,3-5,9-11H2,1-2H3/t13?,14-,17?/m0/s1. The van der Waals surface area contributed by atoms with Gasteiger partial charge < -0.3 is 10.6 Å². The molecule has 1 aliphatic rings. The molecule has 0 bridgehead atoms. The molecule has 2 rings (SSSR count). The minimum absolute atomic E-state index is 0.397. The van der Waals surface area contributed by atoms with Crippen molar-refractivity contribution in [3.63, 3.8) is 0 Å². The summed E-state index contributed by atoms with van der Waals surface area (Å²) >= 11 is 3.55. The highest BCUT2D eigenvalue weighted by Crippen LogP contribution is 2.19. The molecule has 2 N–H and O–H groups in total. The molecule has 0 aliphatic carbocycles. The molecule has 2 nitrogen and oxygen atoms in total. The van der Waals surface area contributed by atoms with E-state index < -0.39 is 0 Å². The Balaban J connectivity index is 1.82. The highest BCUT2D eigenvalue weighted by atomic mass is 79.9. The molecule has 0 radical (unpaired) electrons. The van der Waals surface area contributed by atoms with Crippen molar-refractivity contribution < 1.29 is 0 Å². The Morgan fingerprint density at radius 1 is 1.30 bits per heavy atom. The Labute approximate surface area is 131 Å². The summed E-state index contributed by atoms with van der Waals surface area (Å²) in [5.74, 6) is 0. The van der Waals surface area contributed by atoms with Gasteiger partial charge in [-0.25, -0.2) is 0 Å². The molecule has 0 aromatic heterocycles. The van der Waals surface area contributed by atoms with Crippen molar-refractivity contribution in [1.29, 1.82) is 0 Å². The lowest BCUT2D eigenvalue weighted by Gasteiger charge is -2.25. The Bertz CT molecular complexity index is 400. The third-order valence-corrected chi connectivity index (χ3v) is 4.68. The van der Waals surface area contributed by atoms with E-state index >= 15 is 0 Å². The molecule has 112 valence electrons. The van der Waals surface area contributed by atoms with Gasteiger partial charge in [-0.15, -0.1) is 0 Å². The van der Waals surface area contributed by atoms with Crippen LogP contribution in [0.1, 0.15) is 57.6 Å². The zero-order chi connectivity index (χ0) is 14.4. The molecule has 3 heteroatoms. The molecule has 0 spiro atoms. The van der Waals surface area contributed by atoms with Crippen LogP contribution in [0.25, 0.3) is 0 Å². The van der Waals surface area contributed by atoms with Crippen molar-refractivity contribution >= 4 is 15.9 Å². The van der Waals surface area contributed by atoms with Crippen molar-refractivity contribution in [3.8, 4) is 0 Å². The van der Waals surface area contributed by atoms with E-state index in [-0.39, 0.29) is 0 Å². The fourth-order valence-electron chi connectivity index (χ4n) is 3.10. The predicted octanol–water partition coefficient (Wildman–Crippen LogP) is 4.41. The van der Waals surface area contributed by atoms with Gasteiger partial charge in [0.1, 0.15) is 0 Å². The highest BCUT2D eigenvalue weighted by Gasteiger charge is 2.16. The normalized spacial score (nSPS) is 23.1. The van der Waals surface area contributed by atoms with Gasteiger partial charge >= 0.3 is 0 Å². The zero-order valence-corrected chi connectivity index (χ0v) is 14.2. The third kappa shape index (κ3) is 5.19. The second-order valence-corrected chi connectivity index (χ2v) is 7.00. The smallest absolute Gasteiger partial charge is 0.0294 e. The molecule has 1 aliphatic heterocycles. The summed E-state index contributed by atoms with van der Waals surface area (Å²) in [6.07, 6.45) is 6.66. The molecule has 20 heavy (non-hydrogen) atoms. The van der Waals surface area contributed by atoms with E-state index in [0.29, 0.717) is 18.1 Å². The quantitative estimate of drug-likeness (QED) is 0.830. The average Bonchev–Trinajstić information content (AvgIpc) is 2.67. The summed E-state index contributed by atoms with van der Waals surface area (Å²) in [7, 11) is 0. The number of hydrogen-bond acceptors (Lipinski definition) is 2. The van der Waals surface area contributed by atoms with Crippen molar-refractivity contribution in [1.82, 2.24) is 10.6 Å². The van der Waals surface area contributed by atoms with Crippen LogP contribution in [0.5, 0.6) is 0 Å². The fourth-order valence-corrected chi connectivity index (χ4v) is 3.51. The van der Waals surface area contributed by atoms with Crippen LogP contribution in [0.4, 0.5) is 0 Å². The first-order valence-corrected chi connectivity index (χ1v) is 8.69. The molecule has 1 saturated heterocycles. The first-order valence-electron chi connectivity index (χ1n) is 7.90. The molecule has 0 amide bonds. The van der Waals surface area contributed by atoms with E-state index in [0.717, 1.165) is 4.47 Å². The van der Waals surface area contributed by atoms with Gasteiger partial charge in [-0.3, -0.25) is 0 Å². The number of rotatable bonds is 5. The van der Waals surface area contributed by atoms with Crippen LogP contribution in [0.3, 0.4) is 0 Å². The van der Waals surface area contributed by atoms with E-state index in [9.17, 15) is 0 Å². The van der Waals surface area contributed by atoms with E-state index in [1.165, 1.54) is 44.2 Å². The zero-order valence-electron chi connectivity index (χ0n) is 12.7. The Kier molecular flexibility index (Phi) is 6.53. The summed E-state index contributed by atoms with van der Waals surface area (Å²) in [6, 6.07) is 10.2. The van der Waals surface area contributed by atoms with E-state index in [4.69, 9.17) is 0 Å². The van der Waals surface area contributed by atoms with E-state index in [1.54, 1.807) is 0 Å². The molecule has 3 atom stereocenters. The van der Waals surface area contributed by atoms with Crippen LogP contribution < -0.4 is 10.6 Å². The Morgan fingerprint density at radius 2 is 2.15 bits per heavy atom. The largest absolute Gasteiger partial charge is 0.314 e. The van der Waals surface area contributed by atoms with Crippen LogP contribution in [-0.4, -0.2) is 18.6 Å². The summed E-state index contributed by atoms with van der Waals surface area (Å²) in [4.78, 5) is 0. The highest BCUT2D eigenvalue weighted by molar-refractivity contribution is 9.10. The number of hydrogen-bond donors (Lipinski definition) is 2. The van der Waals surface area contributed by atoms with Crippen molar-refractivity contribution in [2.75, 3.05) is 6.54 Å². The van der Waals surface area contributed by atoms with Gasteiger partial charge in [0.15, 0.2) is 0 Å². The van der Waals surface area contributed by atoms with Crippen LogP contribution in [0.2, 0.25) is 0 Å². The minimum atomic E-state index is 0.397. The molecule has 1 fully saturated rings. The first kappa shape index (κ1) is 16.0. The maximum atomic E-state index is 3.73. The van der Waals surface area contributed by atoms with Gasteiger partial charge in [-0.05, 0) is 57.4 Å². The van der Waals surface area contributed by atoms with Crippen molar-refractivity contribution in [2.45, 2.75) is 64.1 Å². The molecule has 1 heterocycles. The summed E-state index contributed by atoms with van der Waals surface area (Å²) in [5.41, 5.74) is 1.35. The molecular formula is C17H27BrN2. The lowest BCUT2D eigenvalue weighted by atomic mass is 10.0. The van der Waals surface area contributed by atoms with Crippen LogP contribution in [0.15, 0.2) is 28.7 Å². The minimum Gasteiger partial charge on any atom is -0.314 e. The lowest BCUT2D eigenvalue weighted by molar-refractivity contribution is 0.380. The fraction of sp³-hybridized carbons (Fsp3) is 0.647. The van der Waals surface area contributed by atoms with E-state index in [1.807, 2.05) is 0 Å². The summed E-state index contributed by atoms with van der Waals surface area (Å²) in [6.45, 7) is 5.75. The van der Waals surface area contributed by atoms with Crippen molar-refractivity contribution in [3.05, 3.63) is 34.3 Å². The van der Waals surface area contributed by atoms with Crippen molar-refractivity contribution in [2.24, 2.45) is 0 Å². The maximum Gasteiger partial charge on any atom is 0.0294 e. The van der Waals surface area contributed by atoms with Gasteiger partial charge in [0.25, 0.3) is 0 Å². The number of nitrogens with one attached hydrogen (secondary N) is 2. The topological polar surface area (TPSA) is 24.1 Å². The van der Waals surface area contributed by atoms with Gasteiger partial charge in [0.2, 0.25) is 0 Å². The van der Waals surface area contributed by atoms with Gasteiger partial charge in [-0.2, -0.15) is 0 Å². The second-order valence-electron chi connectivity index (χ2n) is 6.08. The van der Waals surface area contributed by atoms with Gasteiger partial charge in [-0.1, -0.05) is 40.9 Å². The molecule has 1 aromatic carbocycles. The molecule has 0 saturated carbocycles. The van der Waals surface area contributed by atoms with Crippen LogP contribution in [-0.2, 0) is 0 Å². The molecule has 2 unspecified atom stereocenters. The molecular weight excluding hydrogens is 312 g/mol. The number of benzene rings is 1. The maximum absolute atomic E-state index is 3.73. The number of halogens is 1. The predicted molar refractivity (Wildman–Crippen MR) is 90.0 cm³/mol. The summed E-state index contributed by atoms with van der Waals surface area (Å²) < 4.78 is 1.15. The van der Waals surface area contributed by atoms with Crippen LogP contribution in [0, 0.1) is 0 Å². The lowest BCUT2D eigenvalue weighted by Crippen LogP contribution is -2.37. The Hall–Kier alpha value is -0.380. The van der Waals surface area contributed by atoms with Crippen LogP contribution >= 0.6 is 15.9 Å². The monoisotopic (exact) mass is 338 g/mol. The third-order valence-electron chi connectivity index (χ3n) is 4.18. The van der Waals surface area contributed by atoms with E-state index in [2.05, 4.69) is 64.7 Å². The first-order chi connectivity index (χ1) is 9.65.